The van der Waals surface area contributed by atoms with Crippen LogP contribution in [-0.2, 0) is 14.4 Å². The molecule has 3 N–H and O–H groups in total. The minimum Gasteiger partial charge on any atom is -0.486 e. The summed E-state index contributed by atoms with van der Waals surface area (Å²) in [6, 6.07) is 6.73. The van der Waals surface area contributed by atoms with Crippen LogP contribution in [0.2, 0.25) is 0 Å². The number of hydrogen-bond acceptors (Lipinski definition) is 6. The number of nitrogens with one attached hydrogen (secondary N) is 1. The monoisotopic (exact) mass is 498 g/mol. The number of aliphatic hydroxyl groups excluding tert-OH is 2. The molecule has 196 valence electrons. The van der Waals surface area contributed by atoms with E-state index in [9.17, 15) is 24.6 Å². The standard InChI is InChI=1S/C28H38N2O6/c1-18(32)8-7-13-24(33)30(17-19-9-3-2-4-10-19)22-16-21(28(35)29-14-15-31)25-20-11-5-6-12-23(20)36-27(25)26(22)34/h5-6,11-12,16,19,22,25-27,31,34H,2-4,7-10,13-15,17H2,1H3,(H,29,35)/t22-,25+,26+,27+/m1/s1. The molecule has 1 saturated carbocycles. The largest absolute Gasteiger partial charge is 0.486 e. The first-order valence-corrected chi connectivity index (χ1v) is 13.2. The number of amides is 2. The van der Waals surface area contributed by atoms with E-state index in [1.807, 2.05) is 24.3 Å². The van der Waals surface area contributed by atoms with Crippen LogP contribution in [0.1, 0.15) is 69.8 Å². The maximum atomic E-state index is 13.5. The number of rotatable bonds is 10. The Kier molecular flexibility index (Phi) is 8.80. The molecule has 4 atom stereocenters. The van der Waals surface area contributed by atoms with E-state index in [4.69, 9.17) is 4.74 Å². The van der Waals surface area contributed by atoms with Crippen LogP contribution in [0.15, 0.2) is 35.9 Å². The van der Waals surface area contributed by atoms with Gasteiger partial charge < -0.3 is 30.0 Å². The summed E-state index contributed by atoms with van der Waals surface area (Å²) >= 11 is 0. The number of ketones is 1. The van der Waals surface area contributed by atoms with Crippen LogP contribution in [0.5, 0.6) is 5.75 Å². The number of nitrogens with zero attached hydrogens (tertiary/aromatic N) is 1. The van der Waals surface area contributed by atoms with Crippen molar-refractivity contribution in [2.24, 2.45) is 5.92 Å². The Labute approximate surface area is 212 Å². The number of ether oxygens (including phenoxy) is 1. The lowest BCUT2D eigenvalue weighted by molar-refractivity contribution is -0.138. The predicted molar refractivity (Wildman–Crippen MR) is 134 cm³/mol. The SMILES string of the molecule is CC(=O)CCCC(=O)N(CC1CCCCC1)[C@@H]1C=C(C(=O)NCCO)[C@@H]2c3ccccc3O[C@@H]2[C@H]1O. The van der Waals surface area contributed by atoms with E-state index < -0.39 is 24.2 Å². The van der Waals surface area contributed by atoms with Crippen LogP contribution in [0.3, 0.4) is 0 Å². The number of carbonyl (C=O) groups excluding carboxylic acids is 3. The number of para-hydroxylation sites is 1. The lowest BCUT2D eigenvalue weighted by Crippen LogP contribution is -2.56. The van der Waals surface area contributed by atoms with Crippen LogP contribution in [0.25, 0.3) is 0 Å². The van der Waals surface area contributed by atoms with Gasteiger partial charge in [-0.15, -0.1) is 0 Å². The van der Waals surface area contributed by atoms with Crippen LogP contribution in [0.4, 0.5) is 0 Å². The number of aliphatic hydroxyl groups is 2. The van der Waals surface area contributed by atoms with Crippen LogP contribution < -0.4 is 10.1 Å². The van der Waals surface area contributed by atoms with Gasteiger partial charge in [0.25, 0.3) is 0 Å². The average Bonchev–Trinajstić information content (AvgIpc) is 3.27. The van der Waals surface area contributed by atoms with E-state index in [0.29, 0.717) is 36.6 Å². The first-order valence-electron chi connectivity index (χ1n) is 13.2. The smallest absolute Gasteiger partial charge is 0.247 e. The fourth-order valence-corrected chi connectivity index (χ4v) is 5.86. The first-order chi connectivity index (χ1) is 17.4. The highest BCUT2D eigenvalue weighted by Gasteiger charge is 2.50. The second-order valence-electron chi connectivity index (χ2n) is 10.3. The normalized spacial score (nSPS) is 25.2. The minimum atomic E-state index is -1.02. The molecule has 8 nitrogen and oxygen atoms in total. The van der Waals surface area contributed by atoms with E-state index in [-0.39, 0.29) is 37.2 Å². The van der Waals surface area contributed by atoms with Gasteiger partial charge in [0.05, 0.1) is 18.6 Å². The molecule has 1 heterocycles. The van der Waals surface area contributed by atoms with Gasteiger partial charge in [0, 0.05) is 37.1 Å². The molecule has 1 aliphatic heterocycles. The molecule has 0 saturated heterocycles. The first kappa shape index (κ1) is 26.4. The summed E-state index contributed by atoms with van der Waals surface area (Å²) in [6.45, 7) is 1.95. The lowest BCUT2D eigenvalue weighted by Gasteiger charge is -2.42. The molecule has 2 amide bonds. The van der Waals surface area contributed by atoms with E-state index in [1.165, 1.54) is 13.3 Å². The Morgan fingerprint density at radius 1 is 1.11 bits per heavy atom. The summed E-state index contributed by atoms with van der Waals surface area (Å²) in [5.74, 6) is 0.0866. The van der Waals surface area contributed by atoms with Crippen LogP contribution in [-0.4, -0.2) is 70.7 Å². The molecule has 8 heteroatoms. The molecule has 2 aliphatic carbocycles. The molecule has 4 rings (SSSR count). The molecule has 1 aromatic carbocycles. The van der Waals surface area contributed by atoms with Gasteiger partial charge in [-0.3, -0.25) is 9.59 Å². The highest BCUT2D eigenvalue weighted by molar-refractivity contribution is 5.96. The second-order valence-corrected chi connectivity index (χ2v) is 10.3. The summed E-state index contributed by atoms with van der Waals surface area (Å²) in [7, 11) is 0. The van der Waals surface area contributed by atoms with Crippen molar-refractivity contribution in [2.45, 2.75) is 82.5 Å². The predicted octanol–water partition coefficient (Wildman–Crippen LogP) is 2.48. The summed E-state index contributed by atoms with van der Waals surface area (Å²) < 4.78 is 6.17. The summed E-state index contributed by atoms with van der Waals surface area (Å²) in [5.41, 5.74) is 1.27. The second kappa shape index (κ2) is 12.0. The molecule has 3 aliphatic rings. The quantitative estimate of drug-likeness (QED) is 0.456. The third kappa shape index (κ3) is 5.81. The fraction of sp³-hybridized carbons (Fsp3) is 0.607. The van der Waals surface area contributed by atoms with Crippen molar-refractivity contribution in [2.75, 3.05) is 19.7 Å². The van der Waals surface area contributed by atoms with Crippen molar-refractivity contribution in [3.05, 3.63) is 41.5 Å². The topological polar surface area (TPSA) is 116 Å². The summed E-state index contributed by atoms with van der Waals surface area (Å²) in [4.78, 5) is 39.9. The van der Waals surface area contributed by atoms with Crippen molar-refractivity contribution >= 4 is 17.6 Å². The highest BCUT2D eigenvalue weighted by Crippen LogP contribution is 2.47. The number of Topliss-reactive ketones (excluding diaryl/α,β-unsaturated/α-hetero) is 1. The van der Waals surface area contributed by atoms with E-state index in [2.05, 4.69) is 5.32 Å². The highest BCUT2D eigenvalue weighted by atomic mass is 16.5. The van der Waals surface area contributed by atoms with Crippen molar-refractivity contribution in [1.29, 1.82) is 0 Å². The molecule has 0 spiro atoms. The Balaban J connectivity index is 1.67. The zero-order valence-electron chi connectivity index (χ0n) is 21.0. The third-order valence-corrected chi connectivity index (χ3v) is 7.66. The van der Waals surface area contributed by atoms with Crippen LogP contribution in [0, 0.1) is 5.92 Å². The summed E-state index contributed by atoms with van der Waals surface area (Å²) in [5, 5.41) is 23.5. The number of carbonyl (C=O) groups is 3. The van der Waals surface area contributed by atoms with Crippen LogP contribution >= 0.6 is 0 Å². The maximum absolute atomic E-state index is 13.5. The molecule has 1 fully saturated rings. The van der Waals surface area contributed by atoms with Crippen molar-refractivity contribution in [3.8, 4) is 5.75 Å². The van der Waals surface area contributed by atoms with Gasteiger partial charge >= 0.3 is 0 Å². The molecule has 0 bridgehead atoms. The van der Waals surface area contributed by atoms with Gasteiger partial charge in [-0.25, -0.2) is 0 Å². The van der Waals surface area contributed by atoms with E-state index in [0.717, 1.165) is 31.2 Å². The van der Waals surface area contributed by atoms with Gasteiger partial charge in [0.1, 0.15) is 23.7 Å². The molecule has 0 aromatic heterocycles. The molecule has 36 heavy (non-hydrogen) atoms. The zero-order chi connectivity index (χ0) is 25.7. The molecular weight excluding hydrogens is 460 g/mol. The molecular formula is C28H38N2O6. The Bertz CT molecular complexity index is 986. The molecule has 0 unspecified atom stereocenters. The Morgan fingerprint density at radius 3 is 2.58 bits per heavy atom. The minimum absolute atomic E-state index is 0.0435. The lowest BCUT2D eigenvalue weighted by atomic mass is 9.77. The summed E-state index contributed by atoms with van der Waals surface area (Å²) in [6.07, 6.45) is 6.52. The van der Waals surface area contributed by atoms with Gasteiger partial charge in [-0.05, 0) is 44.2 Å². The van der Waals surface area contributed by atoms with E-state index in [1.54, 1.807) is 11.0 Å². The van der Waals surface area contributed by atoms with E-state index >= 15 is 0 Å². The van der Waals surface area contributed by atoms with Crippen molar-refractivity contribution in [1.82, 2.24) is 10.2 Å². The Hall–Kier alpha value is -2.71. The zero-order valence-corrected chi connectivity index (χ0v) is 21.0. The number of fused-ring (bicyclic) bond motifs is 3. The van der Waals surface area contributed by atoms with Crippen molar-refractivity contribution in [3.63, 3.8) is 0 Å². The van der Waals surface area contributed by atoms with Gasteiger partial charge in [-0.1, -0.05) is 37.5 Å². The fourth-order valence-electron chi connectivity index (χ4n) is 5.86. The molecule has 1 aromatic rings. The van der Waals surface area contributed by atoms with Gasteiger partial charge in [0.2, 0.25) is 11.8 Å². The van der Waals surface area contributed by atoms with Gasteiger partial charge in [-0.2, -0.15) is 0 Å². The Morgan fingerprint density at radius 2 is 1.86 bits per heavy atom. The maximum Gasteiger partial charge on any atom is 0.247 e. The number of hydrogen-bond donors (Lipinski definition) is 3. The van der Waals surface area contributed by atoms with Gasteiger partial charge in [0.15, 0.2) is 0 Å². The van der Waals surface area contributed by atoms with Crippen molar-refractivity contribution < 1.29 is 29.3 Å². The third-order valence-electron chi connectivity index (χ3n) is 7.66. The average molecular weight is 499 g/mol. The number of benzene rings is 1. The molecule has 0 radical (unpaired) electrons.